The molecular weight excluding hydrogens is 387 g/mol. The van der Waals surface area contributed by atoms with Gasteiger partial charge in [0, 0.05) is 35.2 Å². The molecule has 0 bridgehead atoms. The lowest BCUT2D eigenvalue weighted by Crippen LogP contribution is -2.31. The third kappa shape index (κ3) is 2.08. The van der Waals surface area contributed by atoms with Crippen molar-refractivity contribution in [2.75, 3.05) is 0 Å². The number of hydrogen-bond donors (Lipinski definition) is 2. The van der Waals surface area contributed by atoms with Crippen LogP contribution in [0, 0.1) is 0 Å². The third-order valence-corrected chi connectivity index (χ3v) is 5.96. The number of aromatic hydroxyl groups is 2. The second-order valence-corrected chi connectivity index (χ2v) is 7.57. The van der Waals surface area contributed by atoms with Crippen LogP contribution in [0.1, 0.15) is 33.5 Å². The molecule has 0 atom stereocenters. The van der Waals surface area contributed by atoms with E-state index in [1.54, 1.807) is 18.2 Å². The van der Waals surface area contributed by atoms with E-state index in [1.165, 1.54) is 12.1 Å². The van der Waals surface area contributed by atoms with Gasteiger partial charge in [-0.05, 0) is 17.7 Å². The van der Waals surface area contributed by atoms with Crippen LogP contribution in [-0.2, 0) is 5.41 Å². The maximum Gasteiger partial charge on any atom is 0.164 e. The Morgan fingerprint density at radius 2 is 1.41 bits per heavy atom. The highest BCUT2D eigenvalue weighted by molar-refractivity contribution is 6.32. The minimum Gasteiger partial charge on any atom is -0.506 e. The van der Waals surface area contributed by atoms with Gasteiger partial charge < -0.3 is 14.9 Å². The van der Waals surface area contributed by atoms with Crippen LogP contribution in [0.2, 0.25) is 10.0 Å². The second kappa shape index (κ2) is 5.41. The third-order valence-electron chi connectivity index (χ3n) is 5.35. The molecule has 134 valence electrons. The van der Waals surface area contributed by atoms with Crippen LogP contribution in [0.15, 0.2) is 48.5 Å². The molecule has 2 aliphatic rings. The number of phenols is 2. The van der Waals surface area contributed by atoms with E-state index in [4.69, 9.17) is 27.9 Å². The van der Waals surface area contributed by atoms with Crippen molar-refractivity contribution in [3.63, 3.8) is 0 Å². The average Bonchev–Trinajstić information content (AvgIpc) is 2.93. The van der Waals surface area contributed by atoms with Crippen LogP contribution >= 0.6 is 23.2 Å². The summed E-state index contributed by atoms with van der Waals surface area (Å²) in [4.78, 5) is 12.9. The second-order valence-electron chi connectivity index (χ2n) is 6.75. The van der Waals surface area contributed by atoms with E-state index >= 15 is 0 Å². The number of benzene rings is 3. The molecule has 3 aromatic carbocycles. The zero-order valence-corrected chi connectivity index (χ0v) is 15.3. The number of ketones is 1. The van der Waals surface area contributed by atoms with Gasteiger partial charge in [-0.1, -0.05) is 47.5 Å². The molecule has 0 saturated heterocycles. The highest BCUT2D eigenvalue weighted by Crippen LogP contribution is 2.59. The molecule has 6 heteroatoms. The van der Waals surface area contributed by atoms with Crippen molar-refractivity contribution >= 4 is 29.0 Å². The number of halogens is 2. The number of carbonyl (C=O) groups is 1. The first-order valence-corrected chi connectivity index (χ1v) is 9.04. The predicted molar refractivity (Wildman–Crippen MR) is 102 cm³/mol. The van der Waals surface area contributed by atoms with Crippen LogP contribution in [-0.4, -0.2) is 16.0 Å². The Morgan fingerprint density at radius 3 is 2.00 bits per heavy atom. The van der Waals surface area contributed by atoms with Crippen molar-refractivity contribution in [1.82, 2.24) is 0 Å². The van der Waals surface area contributed by atoms with E-state index < -0.39 is 5.41 Å². The fourth-order valence-electron chi connectivity index (χ4n) is 4.20. The Balaban J connectivity index is 1.94. The minimum absolute atomic E-state index is 0.00204. The van der Waals surface area contributed by atoms with Crippen molar-refractivity contribution in [3.8, 4) is 23.0 Å². The summed E-state index contributed by atoms with van der Waals surface area (Å²) < 4.78 is 5.94. The number of rotatable bonds is 0. The molecule has 0 aromatic heterocycles. The topological polar surface area (TPSA) is 66.8 Å². The van der Waals surface area contributed by atoms with E-state index in [2.05, 4.69) is 0 Å². The summed E-state index contributed by atoms with van der Waals surface area (Å²) in [5.74, 6) is 0.527. The fourth-order valence-corrected chi connectivity index (χ4v) is 4.52. The number of phenolic OH excluding ortho intramolecular Hbond substituents is 2. The van der Waals surface area contributed by atoms with E-state index in [9.17, 15) is 15.0 Å². The van der Waals surface area contributed by atoms with Gasteiger partial charge >= 0.3 is 0 Å². The molecule has 5 rings (SSSR count). The summed E-state index contributed by atoms with van der Waals surface area (Å²) in [6.07, 6.45) is 0.178. The molecule has 0 saturated carbocycles. The molecule has 0 amide bonds. The van der Waals surface area contributed by atoms with Gasteiger partial charge in [-0.15, -0.1) is 0 Å². The van der Waals surface area contributed by atoms with Crippen molar-refractivity contribution < 1.29 is 19.7 Å². The Morgan fingerprint density at radius 1 is 0.852 bits per heavy atom. The molecule has 2 N–H and O–H groups in total. The molecule has 1 heterocycles. The normalized spacial score (nSPS) is 15.9. The number of ether oxygens (including phenoxy) is 1. The smallest absolute Gasteiger partial charge is 0.164 e. The Kier molecular flexibility index (Phi) is 3.30. The largest absolute Gasteiger partial charge is 0.506 e. The van der Waals surface area contributed by atoms with Crippen molar-refractivity contribution in [1.29, 1.82) is 0 Å². The van der Waals surface area contributed by atoms with Gasteiger partial charge in [0.1, 0.15) is 23.0 Å². The average molecular weight is 399 g/mol. The maximum atomic E-state index is 12.9. The van der Waals surface area contributed by atoms with Crippen molar-refractivity contribution in [2.24, 2.45) is 0 Å². The molecule has 0 fully saturated rings. The monoisotopic (exact) mass is 398 g/mol. The fraction of sp³-hybridized carbons (Fsp3) is 0.0952. The Labute approximate surface area is 164 Å². The van der Waals surface area contributed by atoms with Gasteiger partial charge in [0.05, 0.1) is 15.5 Å². The Bertz CT molecular complexity index is 1100. The zero-order valence-electron chi connectivity index (χ0n) is 13.8. The Hall–Kier alpha value is -2.69. The molecule has 1 aliphatic heterocycles. The number of carbonyl (C=O) groups excluding carboxylic acids is 1. The number of fused-ring (bicyclic) bond motifs is 6. The summed E-state index contributed by atoms with van der Waals surface area (Å²) in [6.45, 7) is 0. The minimum atomic E-state index is -0.856. The molecule has 1 spiro atoms. The molecule has 1 aliphatic carbocycles. The summed E-state index contributed by atoms with van der Waals surface area (Å²) in [5.41, 5.74) is 1.95. The first kappa shape index (κ1) is 16.5. The van der Waals surface area contributed by atoms with Crippen molar-refractivity contribution in [3.05, 3.63) is 80.8 Å². The zero-order chi connectivity index (χ0) is 18.9. The first-order chi connectivity index (χ1) is 12.9. The van der Waals surface area contributed by atoms with E-state index in [0.29, 0.717) is 28.2 Å². The van der Waals surface area contributed by atoms with Crippen LogP contribution in [0.4, 0.5) is 0 Å². The van der Waals surface area contributed by atoms with Gasteiger partial charge in [0.2, 0.25) is 0 Å². The molecule has 0 unspecified atom stereocenters. The SMILES string of the molecule is O=C1CC2(c3cc(Cl)c(O)cc3Oc3cc(O)c(Cl)cc32)c2ccccc21. The number of hydrogen-bond acceptors (Lipinski definition) is 4. The van der Waals surface area contributed by atoms with Gasteiger partial charge in [-0.2, -0.15) is 0 Å². The van der Waals surface area contributed by atoms with Crippen LogP contribution in [0.25, 0.3) is 0 Å². The summed E-state index contributed by atoms with van der Waals surface area (Å²) >= 11 is 12.4. The van der Waals surface area contributed by atoms with Crippen molar-refractivity contribution in [2.45, 2.75) is 11.8 Å². The van der Waals surface area contributed by atoms with Gasteiger partial charge in [0.25, 0.3) is 0 Å². The number of Topliss-reactive ketones (excluding diaryl/α,β-unsaturated/α-hetero) is 1. The summed E-state index contributed by atoms with van der Waals surface area (Å²) in [6, 6.07) is 13.5. The highest BCUT2D eigenvalue weighted by atomic mass is 35.5. The summed E-state index contributed by atoms with van der Waals surface area (Å²) in [5, 5.41) is 20.4. The highest BCUT2D eigenvalue weighted by Gasteiger charge is 2.51. The van der Waals surface area contributed by atoms with Crippen LogP contribution in [0.3, 0.4) is 0 Å². The summed E-state index contributed by atoms with van der Waals surface area (Å²) in [7, 11) is 0. The lowest BCUT2D eigenvalue weighted by molar-refractivity contribution is 0.0983. The first-order valence-electron chi connectivity index (χ1n) is 8.28. The quantitative estimate of drug-likeness (QED) is 0.529. The molecule has 27 heavy (non-hydrogen) atoms. The van der Waals surface area contributed by atoms with E-state index in [0.717, 1.165) is 5.56 Å². The molecule has 0 radical (unpaired) electrons. The van der Waals surface area contributed by atoms with Gasteiger partial charge in [-0.3, -0.25) is 4.79 Å². The van der Waals surface area contributed by atoms with E-state index in [-0.39, 0.29) is 33.7 Å². The molecule has 3 aromatic rings. The predicted octanol–water partition coefficient (Wildman–Crippen LogP) is 5.43. The van der Waals surface area contributed by atoms with Gasteiger partial charge in [0.15, 0.2) is 5.78 Å². The maximum absolute atomic E-state index is 12.9. The van der Waals surface area contributed by atoms with Gasteiger partial charge in [-0.25, -0.2) is 0 Å². The lowest BCUT2D eigenvalue weighted by atomic mass is 9.68. The van der Waals surface area contributed by atoms with E-state index in [1.807, 2.05) is 18.2 Å². The molecule has 4 nitrogen and oxygen atoms in total. The standard InChI is InChI=1S/C21H12Cl2O4/c22-14-5-12-19(7-16(14)24)27-20-8-17(25)15(23)6-13(20)21(12)9-18(26)10-3-1-2-4-11(10)21/h1-8,24-25H,9H2. The lowest BCUT2D eigenvalue weighted by Gasteiger charge is -2.38. The van der Waals surface area contributed by atoms with Crippen LogP contribution < -0.4 is 4.74 Å². The van der Waals surface area contributed by atoms with Crippen LogP contribution in [0.5, 0.6) is 23.0 Å². The molecular formula is C21H12Cl2O4.